The molecule has 0 bridgehead atoms. The molecule has 3 aromatic rings. The second-order valence-electron chi connectivity index (χ2n) is 6.73. The molecule has 0 atom stereocenters. The second kappa shape index (κ2) is 5.26. The zero-order valence-corrected chi connectivity index (χ0v) is 13.6. The molecule has 0 saturated carbocycles. The van der Waals surface area contributed by atoms with E-state index < -0.39 is 22.8 Å². The lowest BCUT2D eigenvalue weighted by atomic mass is 9.86. The molecule has 0 aliphatic carbocycles. The molecule has 0 aliphatic heterocycles. The third kappa shape index (κ3) is 2.56. The number of nitrogens with zero attached hydrogens (tertiary/aromatic N) is 1. The number of phenols is 3. The summed E-state index contributed by atoms with van der Waals surface area (Å²) in [5, 5.41) is 28.9. The van der Waals surface area contributed by atoms with E-state index in [2.05, 4.69) is 30.7 Å². The third-order valence-electron chi connectivity index (χ3n) is 3.93. The molecule has 3 rings (SSSR count). The summed E-state index contributed by atoms with van der Waals surface area (Å²) in [5.41, 5.74) is 1.24. The van der Waals surface area contributed by atoms with Crippen LogP contribution in [0.15, 0.2) is 35.1 Å². The summed E-state index contributed by atoms with van der Waals surface area (Å²) in [5.74, 6) is -1.64. The van der Waals surface area contributed by atoms with Crippen LogP contribution in [0, 0.1) is 0 Å². The number of phenolic OH excluding ortho intramolecular Hbond substituents is 3. The average molecular weight is 326 g/mol. The summed E-state index contributed by atoms with van der Waals surface area (Å²) in [6.07, 6.45) is 0. The van der Waals surface area contributed by atoms with Gasteiger partial charge in [-0.3, -0.25) is 4.79 Å². The van der Waals surface area contributed by atoms with Gasteiger partial charge in [-0.25, -0.2) is 4.98 Å². The Kier molecular flexibility index (Phi) is 3.48. The lowest BCUT2D eigenvalue weighted by Crippen LogP contribution is -2.12. The molecule has 6 nitrogen and oxygen atoms in total. The van der Waals surface area contributed by atoms with E-state index in [0.717, 1.165) is 11.6 Å². The van der Waals surface area contributed by atoms with Crippen LogP contribution in [0.4, 0.5) is 0 Å². The number of nitrogens with one attached hydrogen (secondary N) is 1. The molecule has 6 heteroatoms. The normalized spacial score (nSPS) is 11.8. The summed E-state index contributed by atoms with van der Waals surface area (Å²) in [6, 6.07) is 8.78. The van der Waals surface area contributed by atoms with Crippen molar-refractivity contribution in [2.45, 2.75) is 26.2 Å². The SMILES string of the molecule is CC(C)(C)c1cccc(-c2nc3cc(O)c(O)c(O)c3c(=O)[nH]2)c1. The summed E-state index contributed by atoms with van der Waals surface area (Å²) >= 11 is 0. The van der Waals surface area contributed by atoms with Crippen molar-refractivity contribution in [2.24, 2.45) is 0 Å². The second-order valence-corrected chi connectivity index (χ2v) is 6.73. The summed E-state index contributed by atoms with van der Waals surface area (Å²) < 4.78 is 0. The van der Waals surface area contributed by atoms with Gasteiger partial charge in [-0.1, -0.05) is 39.0 Å². The van der Waals surface area contributed by atoms with E-state index in [0.29, 0.717) is 11.4 Å². The monoisotopic (exact) mass is 326 g/mol. The van der Waals surface area contributed by atoms with Gasteiger partial charge in [0.2, 0.25) is 5.75 Å². The van der Waals surface area contributed by atoms with Crippen LogP contribution in [0.5, 0.6) is 17.2 Å². The molecular weight excluding hydrogens is 308 g/mol. The first-order valence-electron chi connectivity index (χ1n) is 7.47. The number of aromatic nitrogens is 2. The molecule has 0 amide bonds. The Balaban J connectivity index is 2.26. The molecule has 24 heavy (non-hydrogen) atoms. The van der Waals surface area contributed by atoms with Gasteiger partial charge in [0.1, 0.15) is 11.2 Å². The fourth-order valence-electron chi connectivity index (χ4n) is 2.53. The van der Waals surface area contributed by atoms with Crippen molar-refractivity contribution in [1.82, 2.24) is 9.97 Å². The molecule has 0 spiro atoms. The van der Waals surface area contributed by atoms with E-state index in [4.69, 9.17) is 0 Å². The van der Waals surface area contributed by atoms with Gasteiger partial charge in [-0.2, -0.15) is 0 Å². The molecule has 0 saturated heterocycles. The van der Waals surface area contributed by atoms with Gasteiger partial charge in [-0.05, 0) is 17.0 Å². The zero-order chi connectivity index (χ0) is 17.6. The number of hydrogen-bond donors (Lipinski definition) is 4. The Morgan fingerprint density at radius 3 is 2.42 bits per heavy atom. The number of aromatic hydroxyl groups is 3. The average Bonchev–Trinajstić information content (AvgIpc) is 2.51. The third-order valence-corrected chi connectivity index (χ3v) is 3.93. The van der Waals surface area contributed by atoms with Gasteiger partial charge in [0.25, 0.3) is 5.56 Å². The van der Waals surface area contributed by atoms with Crippen LogP contribution in [0.2, 0.25) is 0 Å². The quantitative estimate of drug-likeness (QED) is 0.514. The lowest BCUT2D eigenvalue weighted by molar-refractivity contribution is 0.371. The fourth-order valence-corrected chi connectivity index (χ4v) is 2.53. The van der Waals surface area contributed by atoms with Crippen molar-refractivity contribution in [3.05, 3.63) is 46.2 Å². The summed E-state index contributed by atoms with van der Waals surface area (Å²) in [6.45, 7) is 6.25. The van der Waals surface area contributed by atoms with Crippen molar-refractivity contribution in [3.63, 3.8) is 0 Å². The molecule has 1 aromatic heterocycles. The topological polar surface area (TPSA) is 106 Å². The minimum Gasteiger partial charge on any atom is -0.504 e. The van der Waals surface area contributed by atoms with Crippen LogP contribution in [-0.4, -0.2) is 25.3 Å². The van der Waals surface area contributed by atoms with Crippen molar-refractivity contribution in [1.29, 1.82) is 0 Å². The maximum absolute atomic E-state index is 12.3. The number of aromatic amines is 1. The van der Waals surface area contributed by atoms with Crippen molar-refractivity contribution >= 4 is 10.9 Å². The van der Waals surface area contributed by atoms with Gasteiger partial charge in [0, 0.05) is 11.6 Å². The number of hydrogen-bond acceptors (Lipinski definition) is 5. The number of fused-ring (bicyclic) bond motifs is 1. The molecule has 0 fully saturated rings. The minimum atomic E-state index is -0.739. The fraction of sp³-hybridized carbons (Fsp3) is 0.222. The molecule has 2 aromatic carbocycles. The molecule has 0 unspecified atom stereocenters. The first kappa shape index (κ1) is 15.9. The molecule has 0 aliphatic rings. The summed E-state index contributed by atoms with van der Waals surface area (Å²) in [4.78, 5) is 19.2. The predicted molar refractivity (Wildman–Crippen MR) is 91.5 cm³/mol. The Morgan fingerprint density at radius 2 is 1.75 bits per heavy atom. The van der Waals surface area contributed by atoms with Gasteiger partial charge >= 0.3 is 0 Å². The van der Waals surface area contributed by atoms with E-state index in [9.17, 15) is 20.1 Å². The Labute approximate surface area is 138 Å². The van der Waals surface area contributed by atoms with Crippen LogP contribution in [0.25, 0.3) is 22.3 Å². The lowest BCUT2D eigenvalue weighted by Gasteiger charge is -2.19. The van der Waals surface area contributed by atoms with E-state index in [-0.39, 0.29) is 16.3 Å². The highest BCUT2D eigenvalue weighted by molar-refractivity contribution is 5.89. The number of benzene rings is 2. The van der Waals surface area contributed by atoms with Gasteiger partial charge in [0.15, 0.2) is 11.5 Å². The first-order chi connectivity index (χ1) is 11.2. The van der Waals surface area contributed by atoms with E-state index in [1.165, 1.54) is 0 Å². The van der Waals surface area contributed by atoms with Crippen LogP contribution < -0.4 is 5.56 Å². The standard InChI is InChI=1S/C18H18N2O4/c1-18(2,3)10-6-4-5-9(7-10)16-19-11-8-12(21)14(22)15(23)13(11)17(24)20-16/h4-8,21-23H,1-3H3,(H,19,20,24). The van der Waals surface area contributed by atoms with E-state index in [1.807, 2.05) is 24.3 Å². The molecule has 0 radical (unpaired) electrons. The largest absolute Gasteiger partial charge is 0.504 e. The predicted octanol–water partition coefficient (Wildman–Crippen LogP) is 3.00. The summed E-state index contributed by atoms with van der Waals surface area (Å²) in [7, 11) is 0. The number of H-pyrrole nitrogens is 1. The van der Waals surface area contributed by atoms with Crippen LogP contribution in [0.3, 0.4) is 0 Å². The highest BCUT2D eigenvalue weighted by Gasteiger charge is 2.18. The maximum Gasteiger partial charge on any atom is 0.262 e. The van der Waals surface area contributed by atoms with Gasteiger partial charge < -0.3 is 20.3 Å². The smallest absolute Gasteiger partial charge is 0.262 e. The number of rotatable bonds is 1. The highest BCUT2D eigenvalue weighted by atomic mass is 16.3. The van der Waals surface area contributed by atoms with Gasteiger partial charge in [-0.15, -0.1) is 0 Å². The van der Waals surface area contributed by atoms with Crippen molar-refractivity contribution in [2.75, 3.05) is 0 Å². The Bertz CT molecular complexity index is 1000. The zero-order valence-electron chi connectivity index (χ0n) is 13.6. The maximum atomic E-state index is 12.3. The van der Waals surface area contributed by atoms with Crippen molar-refractivity contribution in [3.8, 4) is 28.6 Å². The Hall–Kier alpha value is -3.02. The highest BCUT2D eigenvalue weighted by Crippen LogP contribution is 2.39. The first-order valence-corrected chi connectivity index (χ1v) is 7.47. The van der Waals surface area contributed by atoms with Crippen LogP contribution in [0.1, 0.15) is 26.3 Å². The van der Waals surface area contributed by atoms with E-state index >= 15 is 0 Å². The molecule has 4 N–H and O–H groups in total. The minimum absolute atomic E-state index is 0.0600. The Morgan fingerprint density at radius 1 is 1.04 bits per heavy atom. The van der Waals surface area contributed by atoms with Crippen LogP contribution in [-0.2, 0) is 5.41 Å². The van der Waals surface area contributed by atoms with Gasteiger partial charge in [0.05, 0.1) is 5.52 Å². The van der Waals surface area contributed by atoms with Crippen LogP contribution >= 0.6 is 0 Å². The molecule has 124 valence electrons. The van der Waals surface area contributed by atoms with Crippen molar-refractivity contribution < 1.29 is 15.3 Å². The molecule has 1 heterocycles. The molecular formula is C18H18N2O4. The van der Waals surface area contributed by atoms with E-state index in [1.54, 1.807) is 0 Å².